The number of halogens is 1. The van der Waals surface area contributed by atoms with Crippen molar-refractivity contribution >= 4 is 29.1 Å². The highest BCUT2D eigenvalue weighted by molar-refractivity contribution is 6.32. The minimum atomic E-state index is -0.265. The fraction of sp³-hybridized carbons (Fsp3) is 0.588. The monoisotopic (exact) mass is 365 g/mol. The van der Waals surface area contributed by atoms with Crippen LogP contribution in [-0.2, 0) is 9.59 Å². The third-order valence-corrected chi connectivity index (χ3v) is 4.96. The number of hydrogen-bond donors (Lipinski definition) is 2. The summed E-state index contributed by atoms with van der Waals surface area (Å²) < 4.78 is 0. The molecule has 136 valence electrons. The van der Waals surface area contributed by atoms with Gasteiger partial charge < -0.3 is 10.6 Å². The van der Waals surface area contributed by atoms with E-state index in [0.717, 1.165) is 39.0 Å². The second-order valence-corrected chi connectivity index (χ2v) is 7.02. The molecular formula is C17H24ClN5O2. The SMILES string of the molecule is CC(C(=O)Nc1cccnc1Cl)N1CCN(CC(=O)NC2CC2)CC1. The van der Waals surface area contributed by atoms with Crippen LogP contribution in [0.25, 0.3) is 0 Å². The van der Waals surface area contributed by atoms with E-state index in [9.17, 15) is 9.59 Å². The van der Waals surface area contributed by atoms with Gasteiger partial charge in [-0.2, -0.15) is 0 Å². The van der Waals surface area contributed by atoms with Gasteiger partial charge >= 0.3 is 0 Å². The molecule has 1 atom stereocenters. The van der Waals surface area contributed by atoms with Crippen LogP contribution in [0.2, 0.25) is 5.15 Å². The van der Waals surface area contributed by atoms with Crippen molar-refractivity contribution in [3.8, 4) is 0 Å². The summed E-state index contributed by atoms with van der Waals surface area (Å²) in [7, 11) is 0. The molecule has 0 spiro atoms. The molecule has 0 bridgehead atoms. The summed E-state index contributed by atoms with van der Waals surface area (Å²) in [5, 5.41) is 6.12. The number of piperazine rings is 1. The topological polar surface area (TPSA) is 77.6 Å². The summed E-state index contributed by atoms with van der Waals surface area (Å²) >= 11 is 5.98. The van der Waals surface area contributed by atoms with Crippen molar-refractivity contribution < 1.29 is 9.59 Å². The first-order valence-corrected chi connectivity index (χ1v) is 9.08. The molecule has 1 aliphatic carbocycles. The maximum Gasteiger partial charge on any atom is 0.241 e. The Labute approximate surface area is 152 Å². The molecule has 0 radical (unpaired) electrons. The molecule has 1 aromatic heterocycles. The van der Waals surface area contributed by atoms with Crippen molar-refractivity contribution in [2.24, 2.45) is 0 Å². The van der Waals surface area contributed by atoms with Gasteiger partial charge in [0, 0.05) is 38.4 Å². The summed E-state index contributed by atoms with van der Waals surface area (Å²) in [4.78, 5) is 32.5. The summed E-state index contributed by atoms with van der Waals surface area (Å²) in [6, 6.07) is 3.60. The first-order chi connectivity index (χ1) is 12.0. The Morgan fingerprint density at radius 3 is 2.68 bits per heavy atom. The summed E-state index contributed by atoms with van der Waals surface area (Å²) in [6.45, 7) is 5.40. The Kier molecular flexibility index (Phi) is 5.88. The van der Waals surface area contributed by atoms with Gasteiger partial charge in [-0.1, -0.05) is 11.6 Å². The standard InChI is InChI=1S/C17H24ClN5O2/c1-12(17(25)21-14-3-2-6-19-16(14)18)23-9-7-22(8-10-23)11-15(24)20-13-4-5-13/h2-3,6,12-13H,4-5,7-11H2,1H3,(H,20,24)(H,21,25). The van der Waals surface area contributed by atoms with Gasteiger partial charge in [-0.15, -0.1) is 0 Å². The van der Waals surface area contributed by atoms with E-state index in [1.807, 2.05) is 6.92 Å². The van der Waals surface area contributed by atoms with E-state index in [0.29, 0.717) is 18.3 Å². The van der Waals surface area contributed by atoms with Gasteiger partial charge in [0.1, 0.15) is 0 Å². The van der Waals surface area contributed by atoms with Crippen molar-refractivity contribution in [3.05, 3.63) is 23.5 Å². The molecule has 2 fully saturated rings. The molecular weight excluding hydrogens is 342 g/mol. The summed E-state index contributed by atoms with van der Waals surface area (Å²) in [5.41, 5.74) is 0.524. The fourth-order valence-corrected chi connectivity index (χ4v) is 3.06. The van der Waals surface area contributed by atoms with Crippen molar-refractivity contribution in [1.29, 1.82) is 0 Å². The van der Waals surface area contributed by atoms with E-state index in [-0.39, 0.29) is 23.0 Å². The number of hydrogen-bond acceptors (Lipinski definition) is 5. The van der Waals surface area contributed by atoms with E-state index in [1.54, 1.807) is 18.3 Å². The first-order valence-electron chi connectivity index (χ1n) is 8.70. The van der Waals surface area contributed by atoms with Gasteiger partial charge in [-0.25, -0.2) is 4.98 Å². The summed E-state index contributed by atoms with van der Waals surface area (Å²) in [5.74, 6) is 0.00258. The number of carbonyl (C=O) groups is 2. The Morgan fingerprint density at radius 1 is 1.32 bits per heavy atom. The quantitative estimate of drug-likeness (QED) is 0.734. The van der Waals surface area contributed by atoms with Crippen molar-refractivity contribution in [3.63, 3.8) is 0 Å². The number of nitrogens with zero attached hydrogens (tertiary/aromatic N) is 3. The van der Waals surface area contributed by atoms with Crippen molar-refractivity contribution in [2.45, 2.75) is 31.8 Å². The highest BCUT2D eigenvalue weighted by atomic mass is 35.5. The lowest BCUT2D eigenvalue weighted by Gasteiger charge is -2.37. The fourth-order valence-electron chi connectivity index (χ4n) is 2.90. The number of anilines is 1. The maximum absolute atomic E-state index is 12.4. The lowest BCUT2D eigenvalue weighted by molar-refractivity contribution is -0.124. The minimum absolute atomic E-state index is 0.102. The van der Waals surface area contributed by atoms with E-state index < -0.39 is 0 Å². The zero-order chi connectivity index (χ0) is 17.8. The molecule has 2 amide bonds. The summed E-state index contributed by atoms with van der Waals surface area (Å²) in [6.07, 6.45) is 3.79. The molecule has 1 unspecified atom stereocenters. The molecule has 1 saturated carbocycles. The normalized spacial score (nSPS) is 20.1. The van der Waals surface area contributed by atoms with Crippen LogP contribution < -0.4 is 10.6 Å². The highest BCUT2D eigenvalue weighted by Crippen LogP contribution is 2.19. The third kappa shape index (κ3) is 5.14. The first kappa shape index (κ1) is 18.1. The molecule has 2 N–H and O–H groups in total. The van der Waals surface area contributed by atoms with E-state index in [2.05, 4.69) is 25.4 Å². The van der Waals surface area contributed by atoms with Crippen molar-refractivity contribution in [1.82, 2.24) is 20.1 Å². The lowest BCUT2D eigenvalue weighted by atomic mass is 10.2. The van der Waals surface area contributed by atoms with E-state index >= 15 is 0 Å². The Bertz CT molecular complexity index is 629. The number of pyridine rings is 1. The van der Waals surface area contributed by atoms with Crippen LogP contribution in [0.15, 0.2) is 18.3 Å². The molecule has 2 heterocycles. The van der Waals surface area contributed by atoms with Gasteiger partial charge in [0.25, 0.3) is 0 Å². The van der Waals surface area contributed by atoms with Gasteiger partial charge in [0.15, 0.2) is 5.15 Å². The second-order valence-electron chi connectivity index (χ2n) is 6.66. The number of amides is 2. The molecule has 1 saturated heterocycles. The largest absolute Gasteiger partial charge is 0.352 e. The Hall–Kier alpha value is -1.70. The Balaban J connectivity index is 1.44. The van der Waals surface area contributed by atoms with E-state index in [4.69, 9.17) is 11.6 Å². The predicted molar refractivity (Wildman–Crippen MR) is 96.5 cm³/mol. The average Bonchev–Trinajstić information content (AvgIpc) is 3.40. The second kappa shape index (κ2) is 8.12. The van der Waals surface area contributed by atoms with Gasteiger partial charge in [-0.05, 0) is 31.9 Å². The van der Waals surface area contributed by atoms with E-state index in [1.165, 1.54) is 0 Å². The number of nitrogens with one attached hydrogen (secondary N) is 2. The third-order valence-electron chi connectivity index (χ3n) is 4.66. The lowest BCUT2D eigenvalue weighted by Crippen LogP contribution is -2.54. The molecule has 3 rings (SSSR count). The van der Waals surface area contributed by atoms with Gasteiger partial charge in [0.05, 0.1) is 18.3 Å². The van der Waals surface area contributed by atoms with Gasteiger partial charge in [0.2, 0.25) is 11.8 Å². The van der Waals surface area contributed by atoms with Crippen LogP contribution in [0.5, 0.6) is 0 Å². The number of rotatable bonds is 6. The number of aromatic nitrogens is 1. The van der Waals surface area contributed by atoms with Crippen LogP contribution >= 0.6 is 11.6 Å². The predicted octanol–water partition coefficient (Wildman–Crippen LogP) is 0.958. The molecule has 7 nitrogen and oxygen atoms in total. The smallest absolute Gasteiger partial charge is 0.241 e. The molecule has 1 aromatic rings. The Morgan fingerprint density at radius 2 is 2.04 bits per heavy atom. The molecule has 8 heteroatoms. The molecule has 0 aromatic carbocycles. The number of carbonyl (C=O) groups excluding carboxylic acids is 2. The molecule has 25 heavy (non-hydrogen) atoms. The zero-order valence-corrected chi connectivity index (χ0v) is 15.1. The van der Waals surface area contributed by atoms with Crippen molar-refractivity contribution in [2.75, 3.05) is 38.0 Å². The van der Waals surface area contributed by atoms with Crippen LogP contribution in [0.4, 0.5) is 5.69 Å². The van der Waals surface area contributed by atoms with Crippen LogP contribution in [0.1, 0.15) is 19.8 Å². The van der Waals surface area contributed by atoms with Crippen LogP contribution in [-0.4, -0.2) is 71.4 Å². The molecule has 2 aliphatic rings. The van der Waals surface area contributed by atoms with Gasteiger partial charge in [-0.3, -0.25) is 19.4 Å². The zero-order valence-electron chi connectivity index (χ0n) is 14.4. The van der Waals surface area contributed by atoms with Crippen LogP contribution in [0.3, 0.4) is 0 Å². The highest BCUT2D eigenvalue weighted by Gasteiger charge is 2.28. The minimum Gasteiger partial charge on any atom is -0.352 e. The molecule has 1 aliphatic heterocycles. The van der Waals surface area contributed by atoms with Crippen LogP contribution in [0, 0.1) is 0 Å². The average molecular weight is 366 g/mol. The maximum atomic E-state index is 12.4.